The largest absolute Gasteiger partial charge is 0.493 e. The molecule has 3 aromatic rings. The fourth-order valence-electron chi connectivity index (χ4n) is 3.29. The highest BCUT2D eigenvalue weighted by Gasteiger charge is 2.30. The van der Waals surface area contributed by atoms with Gasteiger partial charge in [-0.15, -0.1) is 0 Å². The number of aromatic nitrogens is 2. The Morgan fingerprint density at radius 1 is 0.963 bits per heavy atom. The number of hydrogen-bond donors (Lipinski definition) is 1. The van der Waals surface area contributed by atoms with Gasteiger partial charge in [-0.05, 0) is 43.7 Å². The Morgan fingerprint density at radius 3 is 2.22 bits per heavy atom. The van der Waals surface area contributed by atoms with Gasteiger partial charge in [0.05, 0.1) is 29.8 Å². The van der Waals surface area contributed by atoms with Gasteiger partial charge in [0, 0.05) is 4.91 Å². The monoisotopic (exact) mass is 367 g/mol. The third-order valence-corrected chi connectivity index (χ3v) is 4.63. The summed E-state index contributed by atoms with van der Waals surface area (Å²) in [5.74, 6) is 1.08. The lowest BCUT2D eigenvalue weighted by Crippen LogP contribution is -2.29. The molecule has 2 aromatic carbocycles. The smallest absolute Gasteiger partial charge is 0.293 e. The number of methoxy groups -OCH3 is 2. The second-order valence-corrected chi connectivity index (χ2v) is 6.12. The molecule has 0 saturated heterocycles. The molecule has 0 amide bonds. The summed E-state index contributed by atoms with van der Waals surface area (Å²) in [7, 11) is 3.10. The highest BCUT2D eigenvalue weighted by Crippen LogP contribution is 2.33. The molecule has 1 aromatic heterocycles. The molecule has 1 heterocycles. The quantitative estimate of drug-likeness (QED) is 0.549. The number of rotatable bonds is 5. The third kappa shape index (κ3) is 3.14. The first-order valence-corrected chi connectivity index (χ1v) is 8.71. The molecule has 140 valence electrons. The maximum Gasteiger partial charge on any atom is 0.293 e. The minimum Gasteiger partial charge on any atom is -0.493 e. The molecule has 6 nitrogen and oxygen atoms in total. The van der Waals surface area contributed by atoms with E-state index in [2.05, 4.69) is 0 Å². The third-order valence-electron chi connectivity index (χ3n) is 4.63. The zero-order valence-corrected chi connectivity index (χ0v) is 15.9. The van der Waals surface area contributed by atoms with Gasteiger partial charge in [-0.3, -0.25) is 0 Å². The van der Waals surface area contributed by atoms with Crippen LogP contribution in [0.5, 0.6) is 11.5 Å². The number of hydrogen-bond acceptors (Lipinski definition) is 4. The second-order valence-electron chi connectivity index (χ2n) is 6.12. The van der Waals surface area contributed by atoms with E-state index in [1.54, 1.807) is 39.3 Å². The van der Waals surface area contributed by atoms with Crippen molar-refractivity contribution < 1.29 is 19.1 Å². The van der Waals surface area contributed by atoms with Crippen LogP contribution >= 0.6 is 0 Å². The van der Waals surface area contributed by atoms with Gasteiger partial charge in [0.1, 0.15) is 11.4 Å². The molecule has 0 atom stereocenters. The first kappa shape index (κ1) is 18.5. The van der Waals surface area contributed by atoms with E-state index in [-0.39, 0.29) is 0 Å². The van der Waals surface area contributed by atoms with Gasteiger partial charge in [0.2, 0.25) is 0 Å². The molecule has 0 fully saturated rings. The van der Waals surface area contributed by atoms with Gasteiger partial charge in [0.25, 0.3) is 11.4 Å². The van der Waals surface area contributed by atoms with E-state index in [4.69, 9.17) is 9.47 Å². The van der Waals surface area contributed by atoms with E-state index in [9.17, 15) is 10.1 Å². The molecule has 3 rings (SSSR count). The summed E-state index contributed by atoms with van der Waals surface area (Å²) >= 11 is 0. The van der Waals surface area contributed by atoms with Gasteiger partial charge >= 0.3 is 0 Å². The van der Waals surface area contributed by atoms with Crippen LogP contribution in [0.2, 0.25) is 0 Å². The number of benzene rings is 2. The summed E-state index contributed by atoms with van der Waals surface area (Å²) in [6.07, 6.45) is 0.510. The Bertz CT molecular complexity index is 1030. The van der Waals surface area contributed by atoms with E-state index in [1.165, 1.54) is 0 Å². The second kappa shape index (κ2) is 7.53. The number of nitrogens with zero attached hydrogens (tertiary/aromatic N) is 2. The Labute approximate surface area is 157 Å². The van der Waals surface area contributed by atoms with Crippen molar-refractivity contribution in [2.24, 2.45) is 0 Å². The van der Waals surface area contributed by atoms with Crippen molar-refractivity contribution in [2.75, 3.05) is 14.2 Å². The first-order valence-electron chi connectivity index (χ1n) is 8.71. The highest BCUT2D eigenvalue weighted by molar-refractivity contribution is 5.66. The SMILES string of the molecule is CCc1c(-c2ccccc2)[n+](=O)c(-c2ccc(OC)c(OC)c2)c(C)n1O. The van der Waals surface area contributed by atoms with E-state index in [0.29, 0.717) is 46.3 Å². The molecule has 0 unspecified atom stereocenters. The fraction of sp³-hybridized carbons (Fsp3) is 0.238. The van der Waals surface area contributed by atoms with Crippen LogP contribution in [-0.4, -0.2) is 24.2 Å². The molecule has 0 aliphatic carbocycles. The molecular formula is C21H23N2O4+. The van der Waals surface area contributed by atoms with Gasteiger partial charge in [-0.1, -0.05) is 25.1 Å². The van der Waals surface area contributed by atoms with Crippen LogP contribution in [0.1, 0.15) is 18.3 Å². The van der Waals surface area contributed by atoms with E-state index in [0.717, 1.165) is 14.7 Å². The predicted molar refractivity (Wildman–Crippen MR) is 103 cm³/mol. The topological polar surface area (TPSA) is 66.6 Å². The normalized spacial score (nSPS) is 10.7. The van der Waals surface area contributed by atoms with Crippen LogP contribution in [0.15, 0.2) is 48.5 Å². The molecule has 0 radical (unpaired) electrons. The molecule has 6 heteroatoms. The lowest BCUT2D eigenvalue weighted by molar-refractivity contribution is -0.472. The minimum atomic E-state index is 0.356. The van der Waals surface area contributed by atoms with Crippen LogP contribution < -0.4 is 13.9 Å². The van der Waals surface area contributed by atoms with Crippen LogP contribution in [0.25, 0.3) is 22.5 Å². The Kier molecular flexibility index (Phi) is 5.16. The minimum absolute atomic E-state index is 0.356. The van der Waals surface area contributed by atoms with Crippen LogP contribution in [-0.2, 0) is 6.42 Å². The Morgan fingerprint density at radius 2 is 1.63 bits per heavy atom. The van der Waals surface area contributed by atoms with Gasteiger partial charge in [-0.2, -0.15) is 4.73 Å². The summed E-state index contributed by atoms with van der Waals surface area (Å²) in [6, 6.07) is 14.6. The molecule has 0 aliphatic rings. The summed E-state index contributed by atoms with van der Waals surface area (Å²) in [4.78, 5) is 13.4. The van der Waals surface area contributed by atoms with Gasteiger partial charge in [-0.25, -0.2) is 0 Å². The average Bonchev–Trinajstić information content (AvgIpc) is 2.71. The Balaban J connectivity index is 2.35. The van der Waals surface area contributed by atoms with E-state index < -0.39 is 0 Å². The molecule has 1 N–H and O–H groups in total. The van der Waals surface area contributed by atoms with Crippen molar-refractivity contribution in [3.05, 3.63) is 64.8 Å². The predicted octanol–water partition coefficient (Wildman–Crippen LogP) is 3.86. The summed E-state index contributed by atoms with van der Waals surface area (Å²) in [5, 5.41) is 10.7. The van der Waals surface area contributed by atoms with E-state index >= 15 is 0 Å². The summed E-state index contributed by atoms with van der Waals surface area (Å²) in [6.45, 7) is 3.62. The van der Waals surface area contributed by atoms with Crippen molar-refractivity contribution in [2.45, 2.75) is 20.3 Å². The molecule has 0 bridgehead atoms. The van der Waals surface area contributed by atoms with Crippen molar-refractivity contribution in [3.63, 3.8) is 0 Å². The molecular weight excluding hydrogens is 344 g/mol. The van der Waals surface area contributed by atoms with Crippen molar-refractivity contribution in [1.29, 1.82) is 0 Å². The zero-order valence-electron chi connectivity index (χ0n) is 15.9. The van der Waals surface area contributed by atoms with Gasteiger partial charge in [0.15, 0.2) is 11.5 Å². The van der Waals surface area contributed by atoms with Crippen molar-refractivity contribution in [3.8, 4) is 34.0 Å². The number of ether oxygens (including phenoxy) is 2. The van der Waals surface area contributed by atoms with Crippen molar-refractivity contribution in [1.82, 2.24) is 4.73 Å². The lowest BCUT2D eigenvalue weighted by atomic mass is 10.0. The fourth-order valence-corrected chi connectivity index (χ4v) is 3.29. The average molecular weight is 367 g/mol. The summed E-state index contributed by atoms with van der Waals surface area (Å²) in [5.41, 5.74) is 3.16. The molecule has 27 heavy (non-hydrogen) atoms. The Hall–Kier alpha value is -3.28. The zero-order chi connectivity index (χ0) is 19.6. The lowest BCUT2D eigenvalue weighted by Gasteiger charge is -2.12. The standard InChI is InChI=1S/C21H23N2O4/c1-5-17-21(15-9-7-6-8-10-15)23(25)20(14(2)22(17)24)16-11-12-18(26-3)19(13-16)27-4/h6-13,24H,5H2,1-4H3/q+1. The maximum absolute atomic E-state index is 13.4. The van der Waals surface area contributed by atoms with Crippen LogP contribution in [0.3, 0.4) is 0 Å². The highest BCUT2D eigenvalue weighted by atomic mass is 16.5. The van der Waals surface area contributed by atoms with Crippen LogP contribution in [0, 0.1) is 11.8 Å². The van der Waals surface area contributed by atoms with Crippen molar-refractivity contribution >= 4 is 0 Å². The van der Waals surface area contributed by atoms with E-state index in [1.807, 2.05) is 37.3 Å². The summed E-state index contributed by atoms with van der Waals surface area (Å²) < 4.78 is 12.6. The van der Waals surface area contributed by atoms with Gasteiger partial charge < -0.3 is 14.7 Å². The molecule has 0 spiro atoms. The maximum atomic E-state index is 13.4. The molecule has 0 aliphatic heterocycles. The first-order chi connectivity index (χ1) is 13.0. The van der Waals surface area contributed by atoms with Crippen LogP contribution in [0.4, 0.5) is 0 Å². The molecule has 0 saturated carbocycles.